The molecule has 3 nitrogen and oxygen atoms in total. The van der Waals surface area contributed by atoms with E-state index in [1.54, 1.807) is 11.9 Å². The van der Waals surface area contributed by atoms with Gasteiger partial charge in [0.2, 0.25) is 5.91 Å². The van der Waals surface area contributed by atoms with E-state index in [0.717, 1.165) is 25.7 Å². The van der Waals surface area contributed by atoms with Crippen molar-refractivity contribution in [2.24, 2.45) is 11.3 Å². The summed E-state index contributed by atoms with van der Waals surface area (Å²) >= 11 is 0. The van der Waals surface area contributed by atoms with Gasteiger partial charge in [-0.1, -0.05) is 20.8 Å². The highest BCUT2D eigenvalue weighted by Gasteiger charge is 2.31. The van der Waals surface area contributed by atoms with Gasteiger partial charge in [-0.15, -0.1) is 0 Å². The Morgan fingerprint density at radius 1 is 1.41 bits per heavy atom. The third-order valence-electron chi connectivity index (χ3n) is 3.37. The van der Waals surface area contributed by atoms with E-state index < -0.39 is 0 Å². The van der Waals surface area contributed by atoms with Gasteiger partial charge in [0.1, 0.15) is 0 Å². The van der Waals surface area contributed by atoms with E-state index in [4.69, 9.17) is 0 Å². The summed E-state index contributed by atoms with van der Waals surface area (Å²) in [7, 11) is 1.80. The molecule has 1 N–H and O–H groups in total. The highest BCUT2D eigenvalue weighted by molar-refractivity contribution is 5.75. The quantitative estimate of drug-likeness (QED) is 0.776. The zero-order valence-electron chi connectivity index (χ0n) is 11.7. The van der Waals surface area contributed by atoms with E-state index in [1.165, 1.54) is 0 Å². The summed E-state index contributed by atoms with van der Waals surface area (Å²) in [5, 5.41) is 9.77. The van der Waals surface area contributed by atoms with E-state index in [2.05, 4.69) is 20.8 Å². The molecule has 100 valence electrons. The second-order valence-electron chi connectivity index (χ2n) is 6.59. The minimum absolute atomic E-state index is 0.161. The molecule has 1 rings (SSSR count). The molecule has 1 aliphatic carbocycles. The van der Waals surface area contributed by atoms with Crippen LogP contribution in [0.4, 0.5) is 0 Å². The van der Waals surface area contributed by atoms with Crippen molar-refractivity contribution in [1.29, 1.82) is 0 Å². The van der Waals surface area contributed by atoms with Gasteiger partial charge in [0.25, 0.3) is 0 Å². The SMILES string of the molecule is CN(CC(O)C1CC1)C(=O)CCCC(C)(C)C. The highest BCUT2D eigenvalue weighted by Crippen LogP contribution is 2.32. The van der Waals surface area contributed by atoms with Crippen molar-refractivity contribution in [2.45, 2.75) is 59.0 Å². The average Bonchev–Trinajstić information content (AvgIpc) is 2.98. The molecule has 1 unspecified atom stereocenters. The monoisotopic (exact) mass is 241 g/mol. The van der Waals surface area contributed by atoms with E-state index in [9.17, 15) is 9.90 Å². The summed E-state index contributed by atoms with van der Waals surface area (Å²) in [6, 6.07) is 0. The van der Waals surface area contributed by atoms with Crippen LogP contribution in [-0.4, -0.2) is 35.6 Å². The van der Waals surface area contributed by atoms with Crippen molar-refractivity contribution in [3.05, 3.63) is 0 Å². The fourth-order valence-corrected chi connectivity index (χ4v) is 1.97. The van der Waals surface area contributed by atoms with Gasteiger partial charge in [0.15, 0.2) is 0 Å². The Bertz CT molecular complexity index is 253. The first-order valence-electron chi connectivity index (χ1n) is 6.71. The normalized spacial score (nSPS) is 17.9. The number of carbonyl (C=O) groups excluding carboxylic acids is 1. The lowest BCUT2D eigenvalue weighted by molar-refractivity contribution is -0.131. The Kier molecular flexibility index (Phi) is 4.99. The highest BCUT2D eigenvalue weighted by atomic mass is 16.3. The first-order chi connectivity index (χ1) is 7.79. The maximum absolute atomic E-state index is 11.8. The zero-order valence-corrected chi connectivity index (χ0v) is 11.7. The van der Waals surface area contributed by atoms with Gasteiger partial charge in [-0.2, -0.15) is 0 Å². The number of likely N-dealkylation sites (N-methyl/N-ethyl adjacent to an activating group) is 1. The zero-order chi connectivity index (χ0) is 13.1. The van der Waals surface area contributed by atoms with Crippen LogP contribution >= 0.6 is 0 Å². The Balaban J connectivity index is 2.17. The number of carbonyl (C=O) groups is 1. The molecule has 0 saturated heterocycles. The second kappa shape index (κ2) is 5.85. The molecule has 0 aliphatic heterocycles. The van der Waals surface area contributed by atoms with Crippen molar-refractivity contribution in [1.82, 2.24) is 4.90 Å². The first kappa shape index (κ1) is 14.5. The van der Waals surface area contributed by atoms with Crippen LogP contribution < -0.4 is 0 Å². The standard InChI is InChI=1S/C14H27NO2/c1-14(2,3)9-5-6-13(17)15(4)10-12(16)11-7-8-11/h11-12,16H,5-10H2,1-4H3. The van der Waals surface area contributed by atoms with Crippen LogP contribution in [0.25, 0.3) is 0 Å². The summed E-state index contributed by atoms with van der Waals surface area (Å²) < 4.78 is 0. The molecule has 0 aromatic heterocycles. The maximum Gasteiger partial charge on any atom is 0.222 e. The number of rotatable bonds is 6. The Morgan fingerprint density at radius 2 is 2.00 bits per heavy atom. The van der Waals surface area contributed by atoms with Gasteiger partial charge in [0.05, 0.1) is 6.10 Å². The first-order valence-corrected chi connectivity index (χ1v) is 6.71. The summed E-state index contributed by atoms with van der Waals surface area (Å²) in [5.41, 5.74) is 0.298. The topological polar surface area (TPSA) is 40.5 Å². The molecule has 0 aromatic carbocycles. The Morgan fingerprint density at radius 3 is 2.47 bits per heavy atom. The van der Waals surface area contributed by atoms with Crippen LogP contribution in [0.2, 0.25) is 0 Å². The predicted octanol–water partition coefficient (Wildman–Crippen LogP) is 2.43. The maximum atomic E-state index is 11.8. The fraction of sp³-hybridized carbons (Fsp3) is 0.929. The van der Waals surface area contributed by atoms with Gasteiger partial charge >= 0.3 is 0 Å². The Hall–Kier alpha value is -0.570. The van der Waals surface area contributed by atoms with Crippen LogP contribution in [0.3, 0.4) is 0 Å². The summed E-state index contributed by atoms with van der Waals surface area (Å²) in [4.78, 5) is 13.5. The van der Waals surface area contributed by atoms with Gasteiger partial charge in [0, 0.05) is 20.0 Å². The molecule has 1 fully saturated rings. The van der Waals surface area contributed by atoms with Crippen molar-refractivity contribution in [3.8, 4) is 0 Å². The van der Waals surface area contributed by atoms with Crippen LogP contribution in [0.15, 0.2) is 0 Å². The molecule has 0 bridgehead atoms. The van der Waals surface area contributed by atoms with Crippen LogP contribution in [0.5, 0.6) is 0 Å². The molecule has 1 amide bonds. The smallest absolute Gasteiger partial charge is 0.222 e. The van der Waals surface area contributed by atoms with E-state index in [-0.39, 0.29) is 12.0 Å². The lowest BCUT2D eigenvalue weighted by Crippen LogP contribution is -2.35. The van der Waals surface area contributed by atoms with Gasteiger partial charge in [-0.25, -0.2) is 0 Å². The van der Waals surface area contributed by atoms with Crippen LogP contribution in [0, 0.1) is 11.3 Å². The third-order valence-corrected chi connectivity index (χ3v) is 3.37. The molecular formula is C14H27NO2. The largest absolute Gasteiger partial charge is 0.391 e. The lowest BCUT2D eigenvalue weighted by Gasteiger charge is -2.22. The van der Waals surface area contributed by atoms with E-state index >= 15 is 0 Å². The number of hydrogen-bond acceptors (Lipinski definition) is 2. The molecule has 0 spiro atoms. The predicted molar refractivity (Wildman–Crippen MR) is 69.7 cm³/mol. The van der Waals surface area contributed by atoms with Crippen LogP contribution in [0.1, 0.15) is 52.9 Å². The van der Waals surface area contributed by atoms with Crippen LogP contribution in [-0.2, 0) is 4.79 Å². The Labute approximate surface area is 105 Å². The van der Waals surface area contributed by atoms with Gasteiger partial charge in [-0.3, -0.25) is 4.79 Å². The lowest BCUT2D eigenvalue weighted by atomic mass is 9.90. The number of hydrogen-bond donors (Lipinski definition) is 1. The van der Waals surface area contributed by atoms with E-state index in [0.29, 0.717) is 24.3 Å². The summed E-state index contributed by atoms with van der Waals surface area (Å²) in [6.45, 7) is 7.08. The number of aliphatic hydroxyl groups excluding tert-OH is 1. The van der Waals surface area contributed by atoms with Crippen molar-refractivity contribution in [2.75, 3.05) is 13.6 Å². The number of aliphatic hydroxyl groups is 1. The van der Waals surface area contributed by atoms with Crippen molar-refractivity contribution < 1.29 is 9.90 Å². The number of amides is 1. The number of nitrogens with zero attached hydrogens (tertiary/aromatic N) is 1. The van der Waals surface area contributed by atoms with Gasteiger partial charge in [-0.05, 0) is 37.0 Å². The summed E-state index contributed by atoms with van der Waals surface area (Å²) in [6.07, 6.45) is 4.53. The molecule has 3 heteroatoms. The molecule has 1 aliphatic rings. The average molecular weight is 241 g/mol. The molecule has 1 atom stereocenters. The molecule has 0 radical (unpaired) electrons. The molecule has 1 saturated carbocycles. The van der Waals surface area contributed by atoms with Crippen molar-refractivity contribution >= 4 is 5.91 Å². The van der Waals surface area contributed by atoms with Gasteiger partial charge < -0.3 is 10.0 Å². The third kappa shape index (κ3) is 6.06. The summed E-state index contributed by atoms with van der Waals surface area (Å²) in [5.74, 6) is 0.605. The molecule has 0 heterocycles. The minimum atomic E-state index is -0.313. The molecule has 0 aromatic rings. The molecular weight excluding hydrogens is 214 g/mol. The molecule has 17 heavy (non-hydrogen) atoms. The van der Waals surface area contributed by atoms with Crippen molar-refractivity contribution in [3.63, 3.8) is 0 Å². The fourth-order valence-electron chi connectivity index (χ4n) is 1.97. The van der Waals surface area contributed by atoms with E-state index in [1.807, 2.05) is 0 Å². The second-order valence-corrected chi connectivity index (χ2v) is 6.59. The minimum Gasteiger partial charge on any atom is -0.391 e.